The molecule has 0 bridgehead atoms. The van der Waals surface area contributed by atoms with Crippen LogP contribution in [0.1, 0.15) is 52.7 Å². The highest BCUT2D eigenvalue weighted by Crippen LogP contribution is 2.29. The zero-order chi connectivity index (χ0) is 24.7. The van der Waals surface area contributed by atoms with Crippen molar-refractivity contribution in [2.24, 2.45) is 14.1 Å². The van der Waals surface area contributed by atoms with Gasteiger partial charge in [-0.3, -0.25) is 9.48 Å². The minimum Gasteiger partial charge on any atom is -0.391 e. The summed E-state index contributed by atoms with van der Waals surface area (Å²) in [7, 11) is 3.69. The maximum Gasteiger partial charge on any atom is 0.253 e. The van der Waals surface area contributed by atoms with E-state index in [4.69, 9.17) is 0 Å². The Morgan fingerprint density at radius 3 is 2.69 bits per heavy atom. The highest BCUT2D eigenvalue weighted by atomic mass is 19.1. The number of carbonyl (C=O) groups is 1. The zero-order valence-corrected chi connectivity index (χ0v) is 20.3. The fourth-order valence-corrected chi connectivity index (χ4v) is 5.05. The van der Waals surface area contributed by atoms with Gasteiger partial charge < -0.3 is 15.0 Å². The van der Waals surface area contributed by atoms with Crippen LogP contribution in [0.4, 0.5) is 4.39 Å². The van der Waals surface area contributed by atoms with Crippen LogP contribution in [0.3, 0.4) is 0 Å². The van der Waals surface area contributed by atoms with E-state index in [-0.39, 0.29) is 17.8 Å². The summed E-state index contributed by atoms with van der Waals surface area (Å²) in [6.45, 7) is 1.96. The zero-order valence-electron chi connectivity index (χ0n) is 20.3. The lowest BCUT2D eigenvalue weighted by Crippen LogP contribution is -2.45. The van der Waals surface area contributed by atoms with Crippen LogP contribution in [0.2, 0.25) is 0 Å². The third-order valence-electron chi connectivity index (χ3n) is 7.11. The quantitative estimate of drug-likeness (QED) is 0.456. The Bertz CT molecular complexity index is 1410. The van der Waals surface area contributed by atoms with E-state index >= 15 is 4.39 Å². The average molecular weight is 476 g/mol. The van der Waals surface area contributed by atoms with Crippen LogP contribution in [-0.4, -0.2) is 42.5 Å². The van der Waals surface area contributed by atoms with Gasteiger partial charge in [0.2, 0.25) is 0 Å². The lowest BCUT2D eigenvalue weighted by molar-refractivity contribution is 0.0718. The molecule has 1 saturated carbocycles. The van der Waals surface area contributed by atoms with Crippen LogP contribution in [0.25, 0.3) is 22.2 Å². The number of halogens is 1. The highest BCUT2D eigenvalue weighted by molar-refractivity contribution is 6.06. The summed E-state index contributed by atoms with van der Waals surface area (Å²) in [6.07, 6.45) is 8.46. The first kappa shape index (κ1) is 23.2. The van der Waals surface area contributed by atoms with Gasteiger partial charge in [-0.1, -0.05) is 25.0 Å². The highest BCUT2D eigenvalue weighted by Gasteiger charge is 2.27. The average Bonchev–Trinajstić information content (AvgIpc) is 3.44. The third kappa shape index (κ3) is 4.46. The molecule has 2 aromatic carbocycles. The number of benzene rings is 2. The second kappa shape index (κ2) is 9.26. The van der Waals surface area contributed by atoms with Crippen molar-refractivity contribution in [3.63, 3.8) is 0 Å². The van der Waals surface area contributed by atoms with Crippen molar-refractivity contribution in [1.82, 2.24) is 24.6 Å². The van der Waals surface area contributed by atoms with Crippen molar-refractivity contribution in [2.75, 3.05) is 0 Å². The lowest BCUT2D eigenvalue weighted by atomic mass is 9.91. The van der Waals surface area contributed by atoms with Gasteiger partial charge in [0, 0.05) is 32.3 Å². The maximum absolute atomic E-state index is 15.1. The van der Waals surface area contributed by atoms with Crippen molar-refractivity contribution >= 4 is 16.9 Å². The second-order valence-corrected chi connectivity index (χ2v) is 9.58. The number of amides is 1. The molecule has 4 aromatic rings. The minimum atomic E-state index is -0.535. The molecule has 2 aromatic heterocycles. The van der Waals surface area contributed by atoms with Crippen molar-refractivity contribution in [3.8, 4) is 11.1 Å². The van der Waals surface area contributed by atoms with Crippen LogP contribution in [0.5, 0.6) is 0 Å². The van der Waals surface area contributed by atoms with Crippen LogP contribution < -0.4 is 5.32 Å². The van der Waals surface area contributed by atoms with Gasteiger partial charge in [0.25, 0.3) is 5.91 Å². The molecule has 1 amide bonds. The molecule has 8 heteroatoms. The molecule has 0 aliphatic heterocycles. The molecule has 182 valence electrons. The number of carbonyl (C=O) groups excluding carboxylic acids is 1. The van der Waals surface area contributed by atoms with Gasteiger partial charge in [-0.15, -0.1) is 0 Å². The number of rotatable bonds is 5. The van der Waals surface area contributed by atoms with E-state index in [0.717, 1.165) is 52.5 Å². The topological polar surface area (TPSA) is 85.0 Å². The van der Waals surface area contributed by atoms with Gasteiger partial charge in [-0.25, -0.2) is 9.37 Å². The normalized spacial score (nSPS) is 18.2. The minimum absolute atomic E-state index is 0.238. The fraction of sp³-hybridized carbons (Fsp3) is 0.370. The van der Waals surface area contributed by atoms with E-state index in [2.05, 4.69) is 15.4 Å². The molecule has 35 heavy (non-hydrogen) atoms. The molecule has 2 N–H and O–H groups in total. The van der Waals surface area contributed by atoms with Gasteiger partial charge in [0.1, 0.15) is 5.82 Å². The molecule has 5 rings (SSSR count). The molecule has 0 unspecified atom stereocenters. The third-order valence-corrected chi connectivity index (χ3v) is 7.11. The standard InChI is InChI=1S/C27H30FN5O2/c1-16-19(10-18-9-8-17(12-22(18)28)20-13-30-33(3)14-20)11-21(26-25(16)29-15-32(26)2)27(35)31-23-6-4-5-7-24(23)34/h8-9,11-15,23-24,34H,4-7,10H2,1-3H3,(H,31,35)/t23-,24-/m1/s1. The van der Waals surface area contributed by atoms with Crippen LogP contribution in [0, 0.1) is 12.7 Å². The van der Waals surface area contributed by atoms with E-state index in [1.54, 1.807) is 23.3 Å². The van der Waals surface area contributed by atoms with E-state index in [9.17, 15) is 9.90 Å². The van der Waals surface area contributed by atoms with Gasteiger partial charge in [-0.2, -0.15) is 5.10 Å². The molecule has 1 aliphatic rings. The Kier molecular flexibility index (Phi) is 6.15. The summed E-state index contributed by atoms with van der Waals surface area (Å²) in [5, 5.41) is 17.5. The largest absolute Gasteiger partial charge is 0.391 e. The first-order chi connectivity index (χ1) is 16.8. The predicted octanol–water partition coefficient (Wildman–Crippen LogP) is 4.05. The number of aliphatic hydroxyl groups excluding tert-OH is 1. The van der Waals surface area contributed by atoms with Crippen molar-refractivity contribution in [1.29, 1.82) is 0 Å². The van der Waals surface area contributed by atoms with Crippen LogP contribution in [-0.2, 0) is 20.5 Å². The molecule has 7 nitrogen and oxygen atoms in total. The molecule has 0 radical (unpaired) electrons. The monoisotopic (exact) mass is 475 g/mol. The van der Waals surface area contributed by atoms with Crippen LogP contribution in [0.15, 0.2) is 43.0 Å². The Morgan fingerprint density at radius 2 is 1.97 bits per heavy atom. The molecule has 0 spiro atoms. The fourth-order valence-electron chi connectivity index (χ4n) is 5.05. The number of aryl methyl sites for hydroxylation is 3. The number of nitrogens with one attached hydrogen (secondary N) is 1. The molecule has 0 saturated heterocycles. The van der Waals surface area contributed by atoms with E-state index < -0.39 is 6.10 Å². The van der Waals surface area contributed by atoms with Crippen molar-refractivity contribution in [3.05, 3.63) is 71.1 Å². The number of aromatic nitrogens is 4. The number of fused-ring (bicyclic) bond motifs is 1. The first-order valence-electron chi connectivity index (χ1n) is 12.0. The Balaban J connectivity index is 1.49. The number of imidazole rings is 1. The SMILES string of the molecule is Cc1c(Cc2ccc(-c3cnn(C)c3)cc2F)cc(C(=O)N[C@@H]2CCCC[C@H]2O)c2c1ncn2C. The summed E-state index contributed by atoms with van der Waals surface area (Å²) in [4.78, 5) is 17.9. The van der Waals surface area contributed by atoms with Gasteiger partial charge in [0.05, 0.1) is 41.3 Å². The molecule has 2 atom stereocenters. The summed E-state index contributed by atoms with van der Waals surface area (Å²) >= 11 is 0. The van der Waals surface area contributed by atoms with E-state index in [1.807, 2.05) is 43.9 Å². The van der Waals surface area contributed by atoms with Crippen molar-refractivity contribution in [2.45, 2.75) is 51.2 Å². The van der Waals surface area contributed by atoms with Gasteiger partial charge >= 0.3 is 0 Å². The summed E-state index contributed by atoms with van der Waals surface area (Å²) in [5.41, 5.74) is 5.89. The van der Waals surface area contributed by atoms with Crippen LogP contribution >= 0.6 is 0 Å². The second-order valence-electron chi connectivity index (χ2n) is 9.58. The Morgan fingerprint density at radius 1 is 1.17 bits per heavy atom. The maximum atomic E-state index is 15.1. The molecular weight excluding hydrogens is 445 g/mol. The molecule has 2 heterocycles. The summed E-state index contributed by atoms with van der Waals surface area (Å²) < 4.78 is 18.7. The van der Waals surface area contributed by atoms with Gasteiger partial charge in [-0.05, 0) is 54.2 Å². The van der Waals surface area contributed by atoms with Gasteiger partial charge in [0.15, 0.2) is 0 Å². The van der Waals surface area contributed by atoms with E-state index in [0.29, 0.717) is 24.0 Å². The summed E-state index contributed by atoms with van der Waals surface area (Å²) in [6, 6.07) is 6.79. The Hall–Kier alpha value is -3.52. The molecule has 1 fully saturated rings. The molecule has 1 aliphatic carbocycles. The Labute approximate surface area is 203 Å². The predicted molar refractivity (Wildman–Crippen MR) is 133 cm³/mol. The number of hydrogen-bond acceptors (Lipinski definition) is 4. The van der Waals surface area contributed by atoms with E-state index in [1.165, 1.54) is 6.07 Å². The number of nitrogens with zero attached hydrogens (tertiary/aromatic N) is 4. The molecular formula is C27H30FN5O2. The van der Waals surface area contributed by atoms with Crippen molar-refractivity contribution < 1.29 is 14.3 Å². The lowest BCUT2D eigenvalue weighted by Gasteiger charge is -2.28. The first-order valence-corrected chi connectivity index (χ1v) is 12.0. The number of aliphatic hydroxyl groups is 1. The summed E-state index contributed by atoms with van der Waals surface area (Å²) in [5.74, 6) is -0.540. The smallest absolute Gasteiger partial charge is 0.253 e. The number of hydrogen-bond donors (Lipinski definition) is 2.